The zero-order chi connectivity index (χ0) is 13.8. The molecule has 0 saturated heterocycles. The Morgan fingerprint density at radius 2 is 1.61 bits per heavy atom. The maximum atomic E-state index is 11.9. The third kappa shape index (κ3) is 4.10. The molecule has 1 aromatic rings. The van der Waals surface area contributed by atoms with Crippen LogP contribution in [0.4, 0.5) is 0 Å². The average molecular weight is 269 g/mol. The highest BCUT2D eigenvalue weighted by atomic mass is 32.2. The van der Waals surface area contributed by atoms with E-state index in [9.17, 15) is 8.42 Å². The van der Waals surface area contributed by atoms with Gasteiger partial charge in [-0.1, -0.05) is 26.0 Å². The Balaban J connectivity index is 2.69. The number of nitrogens with one attached hydrogen (secondary N) is 1. The smallest absolute Gasteiger partial charge is 0.180 e. The minimum atomic E-state index is -3.14. The number of benzene rings is 1. The monoisotopic (exact) mass is 269 g/mol. The van der Waals surface area contributed by atoms with Crippen molar-refractivity contribution in [2.75, 3.05) is 6.54 Å². The van der Waals surface area contributed by atoms with Gasteiger partial charge in [-0.2, -0.15) is 0 Å². The van der Waals surface area contributed by atoms with Crippen LogP contribution in [0.5, 0.6) is 0 Å². The first-order valence-corrected chi connectivity index (χ1v) is 7.95. The van der Waals surface area contributed by atoms with Crippen molar-refractivity contribution in [2.45, 2.75) is 50.3 Å². The molecule has 0 radical (unpaired) electrons. The molecule has 0 fully saturated rings. The van der Waals surface area contributed by atoms with Gasteiger partial charge in [-0.25, -0.2) is 8.42 Å². The maximum Gasteiger partial charge on any atom is 0.180 e. The molecule has 0 spiro atoms. The fraction of sp³-hybridized carbons (Fsp3) is 0.571. The topological polar surface area (TPSA) is 46.2 Å². The summed E-state index contributed by atoms with van der Waals surface area (Å²) in [5, 5.41) is 2.97. The zero-order valence-electron chi connectivity index (χ0n) is 11.6. The van der Waals surface area contributed by atoms with Crippen molar-refractivity contribution >= 4 is 9.84 Å². The predicted octanol–water partition coefficient (Wildman–Crippen LogP) is 2.41. The summed E-state index contributed by atoms with van der Waals surface area (Å²) >= 11 is 0. The lowest BCUT2D eigenvalue weighted by molar-refractivity contribution is 0.587. The van der Waals surface area contributed by atoms with Crippen molar-refractivity contribution in [3.63, 3.8) is 0 Å². The third-order valence-corrected chi connectivity index (χ3v) is 5.01. The largest absolute Gasteiger partial charge is 0.314 e. The minimum Gasteiger partial charge on any atom is -0.314 e. The van der Waals surface area contributed by atoms with Crippen molar-refractivity contribution in [1.29, 1.82) is 0 Å². The molecule has 0 unspecified atom stereocenters. The van der Waals surface area contributed by atoms with Gasteiger partial charge in [0, 0.05) is 6.04 Å². The maximum absolute atomic E-state index is 11.9. The molecule has 1 rings (SSSR count). The van der Waals surface area contributed by atoms with Crippen LogP contribution in [0.3, 0.4) is 0 Å². The van der Waals surface area contributed by atoms with Gasteiger partial charge in [0.25, 0.3) is 0 Å². The number of hydrogen-bond acceptors (Lipinski definition) is 3. The highest BCUT2D eigenvalue weighted by Crippen LogP contribution is 2.16. The molecular formula is C14H23NO2S. The van der Waals surface area contributed by atoms with Crippen LogP contribution in [0.15, 0.2) is 29.2 Å². The normalized spacial score (nSPS) is 12.3. The molecular weight excluding hydrogens is 246 g/mol. The second-order valence-electron chi connectivity index (χ2n) is 5.10. The molecule has 0 atom stereocenters. The van der Waals surface area contributed by atoms with E-state index >= 15 is 0 Å². The van der Waals surface area contributed by atoms with E-state index in [2.05, 4.69) is 19.2 Å². The van der Waals surface area contributed by atoms with Gasteiger partial charge in [-0.15, -0.1) is 0 Å². The number of sulfone groups is 1. The van der Waals surface area contributed by atoms with Crippen LogP contribution >= 0.6 is 0 Å². The lowest BCUT2D eigenvalue weighted by Gasteiger charge is -2.10. The van der Waals surface area contributed by atoms with Crippen LogP contribution in [-0.2, 0) is 16.3 Å². The van der Waals surface area contributed by atoms with Crippen LogP contribution in [0.2, 0.25) is 0 Å². The fourth-order valence-corrected chi connectivity index (χ4v) is 2.68. The zero-order valence-corrected chi connectivity index (χ0v) is 12.4. The first kappa shape index (κ1) is 15.2. The van der Waals surface area contributed by atoms with Crippen molar-refractivity contribution in [3.05, 3.63) is 29.8 Å². The molecule has 0 aromatic heterocycles. The Bertz CT molecular complexity index is 461. The summed E-state index contributed by atoms with van der Waals surface area (Å²) in [7, 11) is -3.14. The molecule has 0 amide bonds. The summed E-state index contributed by atoms with van der Waals surface area (Å²) in [5.41, 5.74) is 1.16. The van der Waals surface area contributed by atoms with Gasteiger partial charge in [0.05, 0.1) is 10.1 Å². The molecule has 1 N–H and O–H groups in total. The quantitative estimate of drug-likeness (QED) is 0.862. The van der Waals surface area contributed by atoms with Crippen LogP contribution in [0.1, 0.15) is 33.3 Å². The van der Waals surface area contributed by atoms with E-state index in [1.54, 1.807) is 26.0 Å². The molecule has 0 aliphatic heterocycles. The second kappa shape index (κ2) is 6.34. The van der Waals surface area contributed by atoms with Gasteiger partial charge in [0.2, 0.25) is 0 Å². The third-order valence-electron chi connectivity index (χ3n) is 2.84. The number of hydrogen-bond donors (Lipinski definition) is 1. The van der Waals surface area contributed by atoms with Crippen molar-refractivity contribution < 1.29 is 8.42 Å². The summed E-state index contributed by atoms with van der Waals surface area (Å²) in [6, 6.07) is 7.69. The molecule has 0 bridgehead atoms. The van der Waals surface area contributed by atoms with E-state index in [1.807, 2.05) is 12.1 Å². The molecule has 0 aliphatic carbocycles. The molecule has 0 aliphatic rings. The second-order valence-corrected chi connectivity index (χ2v) is 7.60. The predicted molar refractivity (Wildman–Crippen MR) is 75.6 cm³/mol. The van der Waals surface area contributed by atoms with Crippen LogP contribution in [0.25, 0.3) is 0 Å². The van der Waals surface area contributed by atoms with Gasteiger partial charge in [-0.05, 0) is 44.5 Å². The number of rotatable bonds is 6. The lowest BCUT2D eigenvalue weighted by atomic mass is 10.1. The van der Waals surface area contributed by atoms with Crippen molar-refractivity contribution in [2.24, 2.45) is 0 Å². The summed E-state index contributed by atoms with van der Waals surface area (Å²) in [4.78, 5) is 0.415. The Kier molecular flexibility index (Phi) is 5.35. The van der Waals surface area contributed by atoms with Crippen LogP contribution in [-0.4, -0.2) is 26.3 Å². The van der Waals surface area contributed by atoms with E-state index in [1.165, 1.54) is 0 Å². The molecule has 0 heterocycles. The van der Waals surface area contributed by atoms with Gasteiger partial charge in [0.1, 0.15) is 0 Å². The van der Waals surface area contributed by atoms with Gasteiger partial charge in [-0.3, -0.25) is 0 Å². The molecule has 1 aromatic carbocycles. The van der Waals surface area contributed by atoms with Gasteiger partial charge >= 0.3 is 0 Å². The van der Waals surface area contributed by atoms with E-state index in [-0.39, 0.29) is 5.25 Å². The Morgan fingerprint density at radius 1 is 1.06 bits per heavy atom. The lowest BCUT2D eigenvalue weighted by Crippen LogP contribution is -2.24. The van der Waals surface area contributed by atoms with Gasteiger partial charge < -0.3 is 5.32 Å². The summed E-state index contributed by atoms with van der Waals surface area (Å²) < 4.78 is 23.9. The van der Waals surface area contributed by atoms with Gasteiger partial charge in [0.15, 0.2) is 9.84 Å². The van der Waals surface area contributed by atoms with E-state index in [4.69, 9.17) is 0 Å². The standard InChI is InChI=1S/C14H23NO2S/c1-11(2)15-10-9-13-5-7-14(8-6-13)18(16,17)12(3)4/h5-8,11-12,15H,9-10H2,1-4H3. The first-order chi connectivity index (χ1) is 8.34. The highest BCUT2D eigenvalue weighted by Gasteiger charge is 2.18. The Labute approximate surface area is 111 Å². The van der Waals surface area contributed by atoms with E-state index in [0.717, 1.165) is 18.5 Å². The molecule has 102 valence electrons. The fourth-order valence-electron chi connectivity index (χ4n) is 1.62. The van der Waals surface area contributed by atoms with Crippen LogP contribution in [0, 0.1) is 0 Å². The summed E-state index contributed by atoms with van der Waals surface area (Å²) in [5.74, 6) is 0. The molecule has 4 heteroatoms. The average Bonchev–Trinajstić information content (AvgIpc) is 2.29. The van der Waals surface area contributed by atoms with E-state index < -0.39 is 9.84 Å². The first-order valence-electron chi connectivity index (χ1n) is 6.40. The molecule has 3 nitrogen and oxygen atoms in total. The highest BCUT2D eigenvalue weighted by molar-refractivity contribution is 7.92. The van der Waals surface area contributed by atoms with Crippen molar-refractivity contribution in [1.82, 2.24) is 5.32 Å². The van der Waals surface area contributed by atoms with E-state index in [0.29, 0.717) is 10.9 Å². The minimum absolute atomic E-state index is 0.369. The van der Waals surface area contributed by atoms with Crippen molar-refractivity contribution in [3.8, 4) is 0 Å². The molecule has 18 heavy (non-hydrogen) atoms. The molecule has 0 saturated carbocycles. The van der Waals surface area contributed by atoms with Crippen LogP contribution < -0.4 is 5.32 Å². The summed E-state index contributed by atoms with van der Waals surface area (Å²) in [6.45, 7) is 8.54. The summed E-state index contributed by atoms with van der Waals surface area (Å²) in [6.07, 6.45) is 0.917. The SMILES string of the molecule is CC(C)NCCc1ccc(S(=O)(=O)C(C)C)cc1. The Morgan fingerprint density at radius 3 is 2.06 bits per heavy atom. The Hall–Kier alpha value is -0.870.